The fraction of sp³-hybridized carbons (Fsp3) is 0.667. The van der Waals surface area contributed by atoms with E-state index in [1.54, 1.807) is 5.56 Å². The molecule has 1 saturated heterocycles. The Hall–Kier alpha value is -0.860. The van der Waals surface area contributed by atoms with Gasteiger partial charge >= 0.3 is 0 Å². The molecule has 1 aromatic carbocycles. The lowest BCUT2D eigenvalue weighted by Gasteiger charge is -2.36. The highest BCUT2D eigenvalue weighted by atomic mass is 15.2. The summed E-state index contributed by atoms with van der Waals surface area (Å²) in [6.45, 7) is 13.8. The number of hydrogen-bond donors (Lipinski definition) is 1. The second-order valence-corrected chi connectivity index (χ2v) is 6.56. The van der Waals surface area contributed by atoms with Crippen molar-refractivity contribution in [2.75, 3.05) is 26.2 Å². The van der Waals surface area contributed by atoms with Crippen LogP contribution in [-0.2, 0) is 0 Å². The highest BCUT2D eigenvalue weighted by Gasteiger charge is 2.23. The summed E-state index contributed by atoms with van der Waals surface area (Å²) in [5, 5.41) is 3.47. The molecule has 0 aromatic heterocycles. The number of rotatable bonds is 5. The molecular formula is C18H30N2. The van der Waals surface area contributed by atoms with Crippen LogP contribution in [0.5, 0.6) is 0 Å². The summed E-state index contributed by atoms with van der Waals surface area (Å²) in [6, 6.07) is 7.40. The van der Waals surface area contributed by atoms with E-state index in [0.717, 1.165) is 19.0 Å². The van der Waals surface area contributed by atoms with Crippen molar-refractivity contribution >= 4 is 0 Å². The third-order valence-electron chi connectivity index (χ3n) is 4.62. The molecule has 1 aromatic rings. The zero-order valence-electron chi connectivity index (χ0n) is 13.6. The molecule has 1 fully saturated rings. The third-order valence-corrected chi connectivity index (χ3v) is 4.62. The molecule has 0 amide bonds. The first-order valence-corrected chi connectivity index (χ1v) is 8.10. The maximum atomic E-state index is 3.47. The van der Waals surface area contributed by atoms with E-state index < -0.39 is 0 Å². The van der Waals surface area contributed by atoms with Crippen LogP contribution in [0.15, 0.2) is 18.2 Å². The van der Waals surface area contributed by atoms with Gasteiger partial charge in [-0.25, -0.2) is 0 Å². The highest BCUT2D eigenvalue weighted by Crippen LogP contribution is 2.31. The van der Waals surface area contributed by atoms with E-state index in [-0.39, 0.29) is 0 Å². The quantitative estimate of drug-likeness (QED) is 0.881. The number of aryl methyl sites for hydroxylation is 1. The van der Waals surface area contributed by atoms with E-state index in [4.69, 9.17) is 0 Å². The minimum absolute atomic E-state index is 0.597. The van der Waals surface area contributed by atoms with Gasteiger partial charge in [0.05, 0.1) is 0 Å². The molecule has 0 spiro atoms. The summed E-state index contributed by atoms with van der Waals surface area (Å²) in [7, 11) is 0. The van der Waals surface area contributed by atoms with Crippen molar-refractivity contribution in [1.29, 1.82) is 0 Å². The summed E-state index contributed by atoms with van der Waals surface area (Å²) in [5.41, 5.74) is 4.46. The summed E-state index contributed by atoms with van der Waals surface area (Å²) >= 11 is 0. The van der Waals surface area contributed by atoms with Gasteiger partial charge in [0.2, 0.25) is 0 Å². The van der Waals surface area contributed by atoms with Gasteiger partial charge < -0.3 is 5.32 Å². The molecule has 0 bridgehead atoms. The molecule has 0 aliphatic carbocycles. The zero-order chi connectivity index (χ0) is 14.5. The van der Waals surface area contributed by atoms with Crippen LogP contribution in [0.3, 0.4) is 0 Å². The minimum atomic E-state index is 0.597. The second-order valence-electron chi connectivity index (χ2n) is 6.56. The number of benzene rings is 1. The van der Waals surface area contributed by atoms with E-state index >= 15 is 0 Å². The standard InChI is InChI=1S/C18H30N2/c1-14(2)8-9-18(20-12-10-19-11-13-20)17-7-5-6-15(3)16(17)4/h5-7,14,18-19H,8-13H2,1-4H3/t18-/m1/s1. The Morgan fingerprint density at radius 2 is 1.80 bits per heavy atom. The molecule has 20 heavy (non-hydrogen) atoms. The van der Waals surface area contributed by atoms with Crippen molar-refractivity contribution in [2.45, 2.75) is 46.6 Å². The van der Waals surface area contributed by atoms with Gasteiger partial charge in [0.25, 0.3) is 0 Å². The summed E-state index contributed by atoms with van der Waals surface area (Å²) < 4.78 is 0. The topological polar surface area (TPSA) is 15.3 Å². The van der Waals surface area contributed by atoms with E-state index in [2.05, 4.69) is 56.1 Å². The maximum Gasteiger partial charge on any atom is 0.0352 e. The Balaban J connectivity index is 2.22. The smallest absolute Gasteiger partial charge is 0.0352 e. The van der Waals surface area contributed by atoms with Crippen LogP contribution >= 0.6 is 0 Å². The molecule has 112 valence electrons. The van der Waals surface area contributed by atoms with Crippen molar-refractivity contribution in [3.8, 4) is 0 Å². The number of nitrogens with one attached hydrogen (secondary N) is 1. The Morgan fingerprint density at radius 3 is 2.45 bits per heavy atom. The van der Waals surface area contributed by atoms with Crippen LogP contribution in [0.4, 0.5) is 0 Å². The van der Waals surface area contributed by atoms with E-state index in [0.29, 0.717) is 6.04 Å². The zero-order valence-corrected chi connectivity index (χ0v) is 13.6. The van der Waals surface area contributed by atoms with Gasteiger partial charge in [-0.3, -0.25) is 4.90 Å². The average molecular weight is 274 g/mol. The molecule has 0 unspecified atom stereocenters. The molecule has 2 rings (SSSR count). The van der Waals surface area contributed by atoms with Gasteiger partial charge in [-0.1, -0.05) is 32.0 Å². The average Bonchev–Trinajstić information content (AvgIpc) is 2.44. The predicted octanol–water partition coefficient (Wildman–Crippen LogP) is 3.69. The predicted molar refractivity (Wildman–Crippen MR) is 87.2 cm³/mol. The Bertz CT molecular complexity index is 419. The van der Waals surface area contributed by atoms with Crippen LogP contribution in [0, 0.1) is 19.8 Å². The third kappa shape index (κ3) is 3.83. The first-order chi connectivity index (χ1) is 9.59. The lowest BCUT2D eigenvalue weighted by molar-refractivity contribution is 0.159. The molecule has 2 nitrogen and oxygen atoms in total. The molecule has 1 aliphatic rings. The Labute approximate surface area is 124 Å². The molecule has 1 atom stereocenters. The van der Waals surface area contributed by atoms with Crippen molar-refractivity contribution in [1.82, 2.24) is 10.2 Å². The van der Waals surface area contributed by atoms with Crippen molar-refractivity contribution in [2.24, 2.45) is 5.92 Å². The van der Waals surface area contributed by atoms with Gasteiger partial charge in [-0.2, -0.15) is 0 Å². The first kappa shape index (κ1) is 15.5. The number of hydrogen-bond acceptors (Lipinski definition) is 2. The monoisotopic (exact) mass is 274 g/mol. The summed E-state index contributed by atoms with van der Waals surface area (Å²) in [4.78, 5) is 2.68. The Kier molecular flexibility index (Phi) is 5.62. The first-order valence-electron chi connectivity index (χ1n) is 8.10. The Morgan fingerprint density at radius 1 is 1.10 bits per heavy atom. The number of piperazine rings is 1. The van der Waals surface area contributed by atoms with Crippen molar-refractivity contribution < 1.29 is 0 Å². The van der Waals surface area contributed by atoms with Gasteiger partial charge in [0.15, 0.2) is 0 Å². The van der Waals surface area contributed by atoms with Gasteiger partial charge in [0.1, 0.15) is 0 Å². The maximum absolute atomic E-state index is 3.47. The van der Waals surface area contributed by atoms with Crippen LogP contribution < -0.4 is 5.32 Å². The van der Waals surface area contributed by atoms with Gasteiger partial charge in [-0.15, -0.1) is 0 Å². The van der Waals surface area contributed by atoms with Crippen LogP contribution in [-0.4, -0.2) is 31.1 Å². The van der Waals surface area contributed by atoms with Gasteiger partial charge in [-0.05, 0) is 49.3 Å². The SMILES string of the molecule is Cc1cccc([C@@H](CCC(C)C)N2CCNCC2)c1C. The van der Waals surface area contributed by atoms with Crippen LogP contribution in [0.1, 0.15) is 49.4 Å². The lowest BCUT2D eigenvalue weighted by Crippen LogP contribution is -2.45. The molecule has 1 N–H and O–H groups in total. The summed E-state index contributed by atoms with van der Waals surface area (Å²) in [5.74, 6) is 0.783. The minimum Gasteiger partial charge on any atom is -0.314 e. The molecule has 2 heteroatoms. The molecule has 0 radical (unpaired) electrons. The van der Waals surface area contributed by atoms with E-state index in [1.807, 2.05) is 0 Å². The van der Waals surface area contributed by atoms with E-state index in [9.17, 15) is 0 Å². The largest absolute Gasteiger partial charge is 0.314 e. The fourth-order valence-corrected chi connectivity index (χ4v) is 3.15. The summed E-state index contributed by atoms with van der Waals surface area (Å²) in [6.07, 6.45) is 2.59. The van der Waals surface area contributed by atoms with Crippen molar-refractivity contribution in [3.05, 3.63) is 34.9 Å². The molecular weight excluding hydrogens is 244 g/mol. The fourth-order valence-electron chi connectivity index (χ4n) is 3.15. The molecule has 0 saturated carbocycles. The highest BCUT2D eigenvalue weighted by molar-refractivity contribution is 5.35. The molecule has 1 heterocycles. The van der Waals surface area contributed by atoms with Crippen molar-refractivity contribution in [3.63, 3.8) is 0 Å². The van der Waals surface area contributed by atoms with Crippen LogP contribution in [0.2, 0.25) is 0 Å². The number of nitrogens with zero attached hydrogens (tertiary/aromatic N) is 1. The molecule has 1 aliphatic heterocycles. The van der Waals surface area contributed by atoms with E-state index in [1.165, 1.54) is 37.1 Å². The lowest BCUT2D eigenvalue weighted by atomic mass is 9.91. The second kappa shape index (κ2) is 7.24. The van der Waals surface area contributed by atoms with Gasteiger partial charge in [0, 0.05) is 32.2 Å². The van der Waals surface area contributed by atoms with Crippen LogP contribution in [0.25, 0.3) is 0 Å². The normalized spacial score (nSPS) is 18.4.